The summed E-state index contributed by atoms with van der Waals surface area (Å²) in [5.41, 5.74) is 0. The number of likely N-dealkylation sites (tertiary alicyclic amines) is 1. The van der Waals surface area contributed by atoms with E-state index < -0.39 is 0 Å². The maximum atomic E-state index is 5.04. The zero-order chi connectivity index (χ0) is 11.8. The first-order valence-electron chi connectivity index (χ1n) is 6.71. The van der Waals surface area contributed by atoms with Crippen molar-refractivity contribution in [1.29, 1.82) is 0 Å². The smallest absolute Gasteiger partial charge is 0.0587 e. The number of ether oxygens (including phenoxy) is 1. The molecule has 1 aliphatic heterocycles. The topological polar surface area (TPSA) is 24.5 Å². The predicted molar refractivity (Wildman–Crippen MR) is 68.8 cm³/mol. The highest BCUT2D eigenvalue weighted by atomic mass is 16.5. The second-order valence-electron chi connectivity index (χ2n) is 4.96. The first-order chi connectivity index (χ1) is 7.77. The maximum absolute atomic E-state index is 5.04. The van der Waals surface area contributed by atoms with Crippen LogP contribution < -0.4 is 5.32 Å². The molecular weight excluding hydrogens is 200 g/mol. The van der Waals surface area contributed by atoms with Gasteiger partial charge in [-0.3, -0.25) is 0 Å². The fourth-order valence-electron chi connectivity index (χ4n) is 2.40. The van der Waals surface area contributed by atoms with Crippen LogP contribution in [0.1, 0.15) is 33.1 Å². The average Bonchev–Trinajstić information content (AvgIpc) is 2.34. The van der Waals surface area contributed by atoms with Gasteiger partial charge in [0.25, 0.3) is 0 Å². The van der Waals surface area contributed by atoms with Crippen LogP contribution in [0.2, 0.25) is 0 Å². The Balaban J connectivity index is 2.17. The highest BCUT2D eigenvalue weighted by Gasteiger charge is 2.22. The van der Waals surface area contributed by atoms with E-state index >= 15 is 0 Å². The van der Waals surface area contributed by atoms with Crippen molar-refractivity contribution >= 4 is 0 Å². The Morgan fingerprint density at radius 2 is 2.31 bits per heavy atom. The molecule has 2 unspecified atom stereocenters. The highest BCUT2D eigenvalue weighted by Crippen LogP contribution is 2.18. The molecular formula is C13H28N2O. The number of nitrogens with one attached hydrogen (secondary N) is 1. The minimum absolute atomic E-state index is 0.752. The summed E-state index contributed by atoms with van der Waals surface area (Å²) in [5, 5.41) is 3.48. The fourth-order valence-corrected chi connectivity index (χ4v) is 2.40. The second-order valence-corrected chi connectivity index (χ2v) is 4.96. The van der Waals surface area contributed by atoms with E-state index in [1.807, 2.05) is 0 Å². The molecule has 1 saturated heterocycles. The Kier molecular flexibility index (Phi) is 7.01. The van der Waals surface area contributed by atoms with Crippen molar-refractivity contribution in [2.24, 2.45) is 5.92 Å². The van der Waals surface area contributed by atoms with Crippen molar-refractivity contribution in [3.05, 3.63) is 0 Å². The quantitative estimate of drug-likeness (QED) is 0.672. The van der Waals surface area contributed by atoms with Crippen LogP contribution in [-0.4, -0.2) is 50.8 Å². The molecule has 0 aliphatic carbocycles. The van der Waals surface area contributed by atoms with Crippen LogP contribution in [0.5, 0.6) is 0 Å². The monoisotopic (exact) mass is 228 g/mol. The number of hydrogen-bond donors (Lipinski definition) is 1. The fraction of sp³-hybridized carbons (Fsp3) is 1.00. The van der Waals surface area contributed by atoms with Gasteiger partial charge in [-0.1, -0.05) is 6.92 Å². The molecule has 2 atom stereocenters. The molecule has 0 saturated carbocycles. The highest BCUT2D eigenvalue weighted by molar-refractivity contribution is 4.77. The molecule has 96 valence electrons. The van der Waals surface area contributed by atoms with Crippen LogP contribution >= 0.6 is 0 Å². The summed E-state index contributed by atoms with van der Waals surface area (Å²) in [6, 6.07) is 0.752. The molecule has 3 heteroatoms. The van der Waals surface area contributed by atoms with Gasteiger partial charge in [0, 0.05) is 26.2 Å². The van der Waals surface area contributed by atoms with Gasteiger partial charge >= 0.3 is 0 Å². The van der Waals surface area contributed by atoms with E-state index in [2.05, 4.69) is 24.1 Å². The lowest BCUT2D eigenvalue weighted by molar-refractivity contribution is 0.125. The molecule has 0 radical (unpaired) electrons. The Labute approximate surface area is 101 Å². The summed E-state index contributed by atoms with van der Waals surface area (Å²) in [6.45, 7) is 10.2. The molecule has 16 heavy (non-hydrogen) atoms. The molecule has 1 fully saturated rings. The molecule has 0 aromatic rings. The van der Waals surface area contributed by atoms with E-state index in [9.17, 15) is 0 Å². The molecule has 3 nitrogen and oxygen atoms in total. The average molecular weight is 228 g/mol. The summed E-state index contributed by atoms with van der Waals surface area (Å²) in [5.74, 6) is 0.833. The van der Waals surface area contributed by atoms with Crippen molar-refractivity contribution in [2.45, 2.75) is 39.2 Å². The molecule has 0 aromatic heterocycles. The van der Waals surface area contributed by atoms with E-state index in [4.69, 9.17) is 4.74 Å². The third kappa shape index (κ3) is 4.81. The third-order valence-electron chi connectivity index (χ3n) is 3.68. The van der Waals surface area contributed by atoms with Gasteiger partial charge < -0.3 is 15.0 Å². The van der Waals surface area contributed by atoms with E-state index in [0.717, 1.165) is 31.7 Å². The first-order valence-corrected chi connectivity index (χ1v) is 6.71. The van der Waals surface area contributed by atoms with Gasteiger partial charge in [0.2, 0.25) is 0 Å². The minimum Gasteiger partial charge on any atom is -0.383 e. The molecule has 0 bridgehead atoms. The lowest BCUT2D eigenvalue weighted by Gasteiger charge is -2.36. The zero-order valence-corrected chi connectivity index (χ0v) is 11.2. The zero-order valence-electron chi connectivity index (χ0n) is 11.2. The van der Waals surface area contributed by atoms with Gasteiger partial charge in [0.05, 0.1) is 6.61 Å². The van der Waals surface area contributed by atoms with Crippen LogP contribution in [0.25, 0.3) is 0 Å². The third-order valence-corrected chi connectivity index (χ3v) is 3.68. The molecule has 0 amide bonds. The van der Waals surface area contributed by atoms with Gasteiger partial charge in [-0.25, -0.2) is 0 Å². The largest absolute Gasteiger partial charge is 0.383 e. The molecule has 0 aromatic carbocycles. The molecule has 1 rings (SSSR count). The molecule has 1 heterocycles. The standard InChI is InChI=1S/C13H28N2O/c1-4-12(2)15-8-5-6-13(11-15)10-14-7-9-16-3/h12-14H,4-11H2,1-3H3. The van der Waals surface area contributed by atoms with Gasteiger partial charge in [-0.05, 0) is 45.2 Å². The SMILES string of the molecule is CCC(C)N1CCCC(CNCCOC)C1. The van der Waals surface area contributed by atoms with Gasteiger partial charge in [0.1, 0.15) is 0 Å². The number of nitrogens with zero attached hydrogens (tertiary/aromatic N) is 1. The number of rotatable bonds is 7. The van der Waals surface area contributed by atoms with Crippen molar-refractivity contribution in [1.82, 2.24) is 10.2 Å². The van der Waals surface area contributed by atoms with Crippen molar-refractivity contribution in [2.75, 3.05) is 39.9 Å². The molecule has 1 aliphatic rings. The van der Waals surface area contributed by atoms with E-state index in [1.54, 1.807) is 7.11 Å². The van der Waals surface area contributed by atoms with E-state index in [0.29, 0.717) is 0 Å². The van der Waals surface area contributed by atoms with Gasteiger partial charge in [-0.15, -0.1) is 0 Å². The summed E-state index contributed by atoms with van der Waals surface area (Å²) in [6.07, 6.45) is 4.01. The lowest BCUT2D eigenvalue weighted by Crippen LogP contribution is -2.44. The van der Waals surface area contributed by atoms with Crippen LogP contribution in [0.4, 0.5) is 0 Å². The molecule has 0 spiro atoms. The van der Waals surface area contributed by atoms with Crippen molar-refractivity contribution in [3.8, 4) is 0 Å². The lowest BCUT2D eigenvalue weighted by atomic mass is 9.96. The number of methoxy groups -OCH3 is 1. The maximum Gasteiger partial charge on any atom is 0.0587 e. The van der Waals surface area contributed by atoms with Crippen molar-refractivity contribution < 1.29 is 4.74 Å². The minimum atomic E-state index is 0.752. The Bertz CT molecular complexity index is 175. The van der Waals surface area contributed by atoms with Crippen LogP contribution in [0.3, 0.4) is 0 Å². The Morgan fingerprint density at radius 1 is 1.50 bits per heavy atom. The first kappa shape index (κ1) is 13.9. The van der Waals surface area contributed by atoms with Gasteiger partial charge in [-0.2, -0.15) is 0 Å². The Morgan fingerprint density at radius 3 is 3.00 bits per heavy atom. The normalized spacial score (nSPS) is 24.6. The summed E-state index contributed by atoms with van der Waals surface area (Å²) >= 11 is 0. The van der Waals surface area contributed by atoms with Crippen LogP contribution in [0.15, 0.2) is 0 Å². The number of hydrogen-bond acceptors (Lipinski definition) is 3. The summed E-state index contributed by atoms with van der Waals surface area (Å²) in [4.78, 5) is 2.65. The van der Waals surface area contributed by atoms with E-state index in [-0.39, 0.29) is 0 Å². The summed E-state index contributed by atoms with van der Waals surface area (Å²) < 4.78 is 5.04. The van der Waals surface area contributed by atoms with Crippen molar-refractivity contribution in [3.63, 3.8) is 0 Å². The number of piperidine rings is 1. The Hall–Kier alpha value is -0.120. The van der Waals surface area contributed by atoms with Gasteiger partial charge in [0.15, 0.2) is 0 Å². The molecule has 1 N–H and O–H groups in total. The van der Waals surface area contributed by atoms with E-state index in [1.165, 1.54) is 32.4 Å². The van der Waals surface area contributed by atoms with Crippen LogP contribution in [0, 0.1) is 5.92 Å². The second kappa shape index (κ2) is 8.04. The van der Waals surface area contributed by atoms with Crippen LogP contribution in [-0.2, 0) is 4.74 Å². The predicted octanol–water partition coefficient (Wildman–Crippen LogP) is 1.73. The summed E-state index contributed by atoms with van der Waals surface area (Å²) in [7, 11) is 1.76.